The monoisotopic (exact) mass is 285 g/mol. The highest BCUT2D eigenvalue weighted by Crippen LogP contribution is 2.25. The predicted molar refractivity (Wildman–Crippen MR) is 77.2 cm³/mol. The fourth-order valence-corrected chi connectivity index (χ4v) is 1.89. The van der Waals surface area contributed by atoms with E-state index in [4.69, 9.17) is 27.3 Å². The first-order valence-corrected chi connectivity index (χ1v) is 6.62. The zero-order chi connectivity index (χ0) is 14.3. The van der Waals surface area contributed by atoms with Gasteiger partial charge in [-0.25, -0.2) is 0 Å². The van der Waals surface area contributed by atoms with E-state index >= 15 is 0 Å². The molecule has 0 amide bonds. The van der Waals surface area contributed by atoms with Crippen molar-refractivity contribution in [3.63, 3.8) is 0 Å². The molecule has 0 saturated heterocycles. The maximum absolute atomic E-state index is 8.59. The molecule has 5 nitrogen and oxygen atoms in total. The van der Waals surface area contributed by atoms with Crippen molar-refractivity contribution in [3.8, 4) is 5.75 Å². The Hall–Kier alpha value is -1.46. The molecule has 0 radical (unpaired) electrons. The lowest BCUT2D eigenvalue weighted by Crippen LogP contribution is -2.27. The van der Waals surface area contributed by atoms with Gasteiger partial charge in [0.05, 0.1) is 5.02 Å². The number of amidine groups is 1. The molecule has 0 fully saturated rings. The lowest BCUT2D eigenvalue weighted by Gasteiger charge is -2.18. The molecule has 1 aromatic carbocycles. The van der Waals surface area contributed by atoms with Crippen LogP contribution >= 0.6 is 11.6 Å². The summed E-state index contributed by atoms with van der Waals surface area (Å²) in [7, 11) is 0. The molecule has 0 aliphatic rings. The normalized spacial score (nSPS) is 11.9. The van der Waals surface area contributed by atoms with Crippen molar-refractivity contribution in [2.24, 2.45) is 10.9 Å². The maximum atomic E-state index is 8.59. The first kappa shape index (κ1) is 15.6. The van der Waals surface area contributed by atoms with Crippen LogP contribution in [0.1, 0.15) is 19.4 Å². The lowest BCUT2D eigenvalue weighted by molar-refractivity contribution is 0.223. The van der Waals surface area contributed by atoms with Gasteiger partial charge in [-0.1, -0.05) is 30.6 Å². The molecule has 0 aliphatic heterocycles. The van der Waals surface area contributed by atoms with Crippen LogP contribution in [0.5, 0.6) is 5.75 Å². The van der Waals surface area contributed by atoms with E-state index in [-0.39, 0.29) is 5.84 Å². The Morgan fingerprint density at radius 2 is 2.11 bits per heavy atom. The Morgan fingerprint density at radius 3 is 2.63 bits per heavy atom. The van der Waals surface area contributed by atoms with Crippen molar-refractivity contribution in [3.05, 3.63) is 28.8 Å². The van der Waals surface area contributed by atoms with E-state index in [2.05, 4.69) is 23.9 Å². The minimum absolute atomic E-state index is 0.0246. The highest BCUT2D eigenvalue weighted by molar-refractivity contribution is 6.32. The molecule has 1 rings (SSSR count). The molecule has 0 unspecified atom stereocenters. The summed E-state index contributed by atoms with van der Waals surface area (Å²) in [6, 6.07) is 5.04. The molecule has 0 aliphatic carbocycles. The number of hydrogen-bond acceptors (Lipinski definition) is 4. The number of rotatable bonds is 7. The molecule has 3 N–H and O–H groups in total. The molecule has 106 valence electrons. The number of likely N-dealkylation sites (N-methyl/N-ethyl adjacent to an activating group) is 1. The molecule has 0 saturated carbocycles. The fourth-order valence-electron chi connectivity index (χ4n) is 1.66. The van der Waals surface area contributed by atoms with Crippen molar-refractivity contribution in [2.75, 3.05) is 26.2 Å². The average molecular weight is 286 g/mol. The third-order valence-electron chi connectivity index (χ3n) is 2.89. The molecule has 0 heterocycles. The van der Waals surface area contributed by atoms with Crippen molar-refractivity contribution in [1.29, 1.82) is 0 Å². The second-order valence-corrected chi connectivity index (χ2v) is 4.41. The number of hydrogen-bond donors (Lipinski definition) is 2. The van der Waals surface area contributed by atoms with Crippen LogP contribution in [-0.2, 0) is 0 Å². The van der Waals surface area contributed by atoms with Gasteiger partial charge in [-0.2, -0.15) is 0 Å². The van der Waals surface area contributed by atoms with Crippen LogP contribution in [0, 0.1) is 0 Å². The van der Waals surface area contributed by atoms with Crippen molar-refractivity contribution in [1.82, 2.24) is 4.90 Å². The van der Waals surface area contributed by atoms with Crippen molar-refractivity contribution < 1.29 is 9.94 Å². The molecule has 19 heavy (non-hydrogen) atoms. The van der Waals surface area contributed by atoms with Gasteiger partial charge < -0.3 is 20.6 Å². The first-order valence-electron chi connectivity index (χ1n) is 6.24. The van der Waals surface area contributed by atoms with Gasteiger partial charge in [0.25, 0.3) is 0 Å². The van der Waals surface area contributed by atoms with Crippen LogP contribution in [0.2, 0.25) is 5.02 Å². The van der Waals surface area contributed by atoms with Gasteiger partial charge in [0, 0.05) is 12.1 Å². The quantitative estimate of drug-likeness (QED) is 0.348. The zero-order valence-corrected chi connectivity index (χ0v) is 12.0. The third-order valence-corrected chi connectivity index (χ3v) is 3.19. The summed E-state index contributed by atoms with van der Waals surface area (Å²) >= 11 is 6.08. The van der Waals surface area contributed by atoms with E-state index in [0.29, 0.717) is 22.9 Å². The second kappa shape index (κ2) is 7.86. The summed E-state index contributed by atoms with van der Waals surface area (Å²) in [5, 5.41) is 12.0. The van der Waals surface area contributed by atoms with Crippen molar-refractivity contribution in [2.45, 2.75) is 13.8 Å². The Morgan fingerprint density at radius 1 is 1.42 bits per heavy atom. The smallest absolute Gasteiger partial charge is 0.170 e. The Kier molecular flexibility index (Phi) is 6.45. The minimum atomic E-state index is 0.0246. The highest BCUT2D eigenvalue weighted by atomic mass is 35.5. The van der Waals surface area contributed by atoms with Crippen LogP contribution < -0.4 is 10.5 Å². The van der Waals surface area contributed by atoms with Gasteiger partial charge in [-0.05, 0) is 31.3 Å². The van der Waals surface area contributed by atoms with Crippen molar-refractivity contribution >= 4 is 17.4 Å². The summed E-state index contributed by atoms with van der Waals surface area (Å²) in [6.07, 6.45) is 0. The van der Waals surface area contributed by atoms with Gasteiger partial charge in [0.15, 0.2) is 5.84 Å². The van der Waals surface area contributed by atoms with Crippen LogP contribution in [-0.4, -0.2) is 42.2 Å². The highest BCUT2D eigenvalue weighted by Gasteiger charge is 2.06. The van der Waals surface area contributed by atoms with E-state index in [1.165, 1.54) is 0 Å². The minimum Gasteiger partial charge on any atom is -0.491 e. The number of nitrogens with two attached hydrogens (primary N) is 1. The summed E-state index contributed by atoms with van der Waals surface area (Å²) < 4.78 is 5.62. The average Bonchev–Trinajstić information content (AvgIpc) is 2.44. The Bertz CT molecular complexity index is 434. The number of oxime groups is 1. The second-order valence-electron chi connectivity index (χ2n) is 4.01. The largest absolute Gasteiger partial charge is 0.491 e. The van der Waals surface area contributed by atoms with Crippen LogP contribution in [0.3, 0.4) is 0 Å². The molecule has 6 heteroatoms. The fraction of sp³-hybridized carbons (Fsp3) is 0.462. The van der Waals surface area contributed by atoms with Gasteiger partial charge in [-0.15, -0.1) is 0 Å². The summed E-state index contributed by atoms with van der Waals surface area (Å²) in [5.74, 6) is 0.625. The zero-order valence-electron chi connectivity index (χ0n) is 11.3. The van der Waals surface area contributed by atoms with Gasteiger partial charge in [0.2, 0.25) is 0 Å². The number of halogens is 1. The lowest BCUT2D eigenvalue weighted by atomic mass is 10.2. The van der Waals surface area contributed by atoms with E-state index in [1.54, 1.807) is 18.2 Å². The van der Waals surface area contributed by atoms with Crippen LogP contribution in [0.25, 0.3) is 0 Å². The van der Waals surface area contributed by atoms with E-state index in [1.807, 2.05) is 0 Å². The topological polar surface area (TPSA) is 71.1 Å². The van der Waals surface area contributed by atoms with E-state index < -0.39 is 0 Å². The number of nitrogens with zero attached hydrogens (tertiary/aromatic N) is 2. The molecule has 0 spiro atoms. The molecular formula is C13H20ClN3O2. The molecule has 0 atom stereocenters. The van der Waals surface area contributed by atoms with Gasteiger partial charge >= 0.3 is 0 Å². The van der Waals surface area contributed by atoms with Crippen LogP contribution in [0.15, 0.2) is 23.4 Å². The Labute approximate surface area is 118 Å². The standard InChI is InChI=1S/C13H20ClN3O2/c1-3-17(4-2)7-8-19-12-6-5-10(9-11(12)14)13(15)16-18/h5-6,9,18H,3-4,7-8H2,1-2H3,(H2,15,16). The van der Waals surface area contributed by atoms with Crippen LogP contribution in [0.4, 0.5) is 0 Å². The Balaban J connectivity index is 2.60. The first-order chi connectivity index (χ1) is 9.12. The SMILES string of the molecule is CCN(CC)CCOc1ccc(C(N)=NO)cc1Cl. The maximum Gasteiger partial charge on any atom is 0.170 e. The molecule has 1 aromatic rings. The van der Waals surface area contributed by atoms with E-state index in [0.717, 1.165) is 19.6 Å². The van der Waals surface area contributed by atoms with Gasteiger partial charge in [0.1, 0.15) is 12.4 Å². The summed E-state index contributed by atoms with van der Waals surface area (Å²) in [5.41, 5.74) is 6.04. The summed E-state index contributed by atoms with van der Waals surface area (Å²) in [4.78, 5) is 2.26. The number of benzene rings is 1. The van der Waals surface area contributed by atoms with Gasteiger partial charge in [-0.3, -0.25) is 0 Å². The molecule has 0 aromatic heterocycles. The molecular weight excluding hydrogens is 266 g/mol. The third kappa shape index (κ3) is 4.61. The number of ether oxygens (including phenoxy) is 1. The van der Waals surface area contributed by atoms with E-state index in [9.17, 15) is 0 Å². The molecule has 0 bridgehead atoms. The summed E-state index contributed by atoms with van der Waals surface area (Å²) in [6.45, 7) is 7.65. The predicted octanol–water partition coefficient (Wildman–Crippen LogP) is 2.16.